The van der Waals surface area contributed by atoms with Crippen LogP contribution >= 0.6 is 0 Å². The molecule has 2 fully saturated rings. The highest BCUT2D eigenvalue weighted by Gasteiger charge is 2.50. The van der Waals surface area contributed by atoms with Crippen molar-refractivity contribution in [2.24, 2.45) is 0 Å². The van der Waals surface area contributed by atoms with Crippen LogP contribution in [0.5, 0.6) is 0 Å². The zero-order valence-electron chi connectivity index (χ0n) is 19.8. The molecule has 2 atom stereocenters. The summed E-state index contributed by atoms with van der Waals surface area (Å²) in [6, 6.07) is 23.8. The van der Waals surface area contributed by atoms with Crippen molar-refractivity contribution in [3.05, 3.63) is 95.7 Å². The number of amides is 1. The van der Waals surface area contributed by atoms with Crippen molar-refractivity contribution in [1.29, 1.82) is 0 Å². The number of rotatable bonds is 3. The van der Waals surface area contributed by atoms with Crippen LogP contribution < -0.4 is 0 Å². The molecule has 36 heavy (non-hydrogen) atoms. The second-order valence-electron chi connectivity index (χ2n) is 10.1. The molecule has 1 N–H and O–H groups in total. The molecule has 7 rings (SSSR count). The molecule has 3 aromatic carbocycles. The normalized spacial score (nSPS) is 25.0. The van der Waals surface area contributed by atoms with Gasteiger partial charge in [-0.3, -0.25) is 4.90 Å². The van der Waals surface area contributed by atoms with E-state index in [0.29, 0.717) is 26.1 Å². The van der Waals surface area contributed by atoms with Crippen LogP contribution in [-0.2, 0) is 15.1 Å². The first kappa shape index (κ1) is 21.7. The summed E-state index contributed by atoms with van der Waals surface area (Å²) in [4.78, 5) is 15.2. The smallest absolute Gasteiger partial charge is 0.410 e. The predicted molar refractivity (Wildman–Crippen MR) is 135 cm³/mol. The van der Waals surface area contributed by atoms with Gasteiger partial charge < -0.3 is 19.0 Å². The van der Waals surface area contributed by atoms with E-state index < -0.39 is 5.60 Å². The molecule has 0 saturated carbocycles. The molecular weight excluding hydrogens is 454 g/mol. The van der Waals surface area contributed by atoms with Crippen molar-refractivity contribution in [3.8, 4) is 11.1 Å². The van der Waals surface area contributed by atoms with Crippen LogP contribution in [0.2, 0.25) is 0 Å². The summed E-state index contributed by atoms with van der Waals surface area (Å²) in [5, 5.41) is 12.7. The lowest BCUT2D eigenvalue weighted by molar-refractivity contribution is -0.136. The predicted octanol–water partition coefficient (Wildman–Crippen LogP) is 5.43. The average molecular weight is 482 g/mol. The maximum atomic E-state index is 13.5. The third-order valence-electron chi connectivity index (χ3n) is 8.08. The number of carbonyl (C=O) groups is 1. The summed E-state index contributed by atoms with van der Waals surface area (Å²) in [6.07, 6.45) is 2.06. The fraction of sp³-hybridized carbons (Fsp3) is 0.300. The maximum Gasteiger partial charge on any atom is 0.410 e. The molecular formula is C30H27NO5. The second kappa shape index (κ2) is 8.22. The van der Waals surface area contributed by atoms with E-state index in [1.54, 1.807) is 11.2 Å². The van der Waals surface area contributed by atoms with Gasteiger partial charge in [-0.2, -0.15) is 0 Å². The van der Waals surface area contributed by atoms with Crippen LogP contribution in [0.25, 0.3) is 22.1 Å². The minimum atomic E-state index is -1.09. The van der Waals surface area contributed by atoms with Crippen molar-refractivity contribution in [3.63, 3.8) is 0 Å². The summed E-state index contributed by atoms with van der Waals surface area (Å²) in [7, 11) is 0. The molecule has 3 heterocycles. The fourth-order valence-corrected chi connectivity index (χ4v) is 6.50. The molecule has 1 aliphatic carbocycles. The average Bonchev–Trinajstić information content (AvgIpc) is 3.47. The summed E-state index contributed by atoms with van der Waals surface area (Å²) in [5.41, 5.74) is 5.23. The van der Waals surface area contributed by atoms with Gasteiger partial charge in [0.05, 0.1) is 37.2 Å². The van der Waals surface area contributed by atoms with Crippen LogP contribution in [0, 0.1) is 0 Å². The van der Waals surface area contributed by atoms with Crippen molar-refractivity contribution in [1.82, 2.24) is 4.90 Å². The van der Waals surface area contributed by atoms with E-state index >= 15 is 0 Å². The number of nitrogens with zero attached hydrogens (tertiary/aromatic N) is 1. The Morgan fingerprint density at radius 2 is 1.53 bits per heavy atom. The Morgan fingerprint density at radius 3 is 2.22 bits per heavy atom. The first-order valence-corrected chi connectivity index (χ1v) is 12.5. The van der Waals surface area contributed by atoms with E-state index in [9.17, 15) is 9.90 Å². The molecule has 2 bridgehead atoms. The van der Waals surface area contributed by atoms with E-state index in [0.717, 1.165) is 16.5 Å². The van der Waals surface area contributed by atoms with Crippen LogP contribution in [-0.4, -0.2) is 48.0 Å². The zero-order valence-corrected chi connectivity index (χ0v) is 19.8. The monoisotopic (exact) mass is 481 g/mol. The Morgan fingerprint density at radius 1 is 0.917 bits per heavy atom. The van der Waals surface area contributed by atoms with E-state index in [1.807, 2.05) is 48.5 Å². The number of aliphatic hydroxyl groups is 1. The molecule has 0 spiro atoms. The lowest BCUT2D eigenvalue weighted by Gasteiger charge is -2.50. The first-order chi connectivity index (χ1) is 17.6. The van der Waals surface area contributed by atoms with Crippen LogP contribution in [0.3, 0.4) is 0 Å². The molecule has 6 nitrogen and oxygen atoms in total. The molecule has 0 radical (unpaired) electrons. The molecule has 182 valence electrons. The van der Waals surface area contributed by atoms with Gasteiger partial charge in [0.15, 0.2) is 0 Å². The highest BCUT2D eigenvalue weighted by molar-refractivity contribution is 5.82. The Labute approximate surface area is 209 Å². The minimum absolute atomic E-state index is 0.0106. The number of hydrogen-bond acceptors (Lipinski definition) is 5. The van der Waals surface area contributed by atoms with E-state index in [2.05, 4.69) is 24.3 Å². The fourth-order valence-electron chi connectivity index (χ4n) is 6.50. The molecule has 4 aromatic rings. The largest absolute Gasteiger partial charge is 0.464 e. The lowest BCUT2D eigenvalue weighted by Crippen LogP contribution is -2.62. The molecule has 1 aromatic heterocycles. The van der Waals surface area contributed by atoms with E-state index in [4.69, 9.17) is 13.9 Å². The molecule has 2 aliphatic heterocycles. The molecule has 6 heteroatoms. The van der Waals surface area contributed by atoms with Gasteiger partial charge in [0.2, 0.25) is 0 Å². The highest BCUT2D eigenvalue weighted by Crippen LogP contribution is 2.46. The highest BCUT2D eigenvalue weighted by atomic mass is 16.6. The lowest BCUT2D eigenvalue weighted by atomic mass is 9.77. The van der Waals surface area contributed by atoms with Gasteiger partial charge in [0.1, 0.15) is 12.2 Å². The van der Waals surface area contributed by atoms with Crippen LogP contribution in [0.1, 0.15) is 35.4 Å². The molecule has 2 saturated heterocycles. The summed E-state index contributed by atoms with van der Waals surface area (Å²) >= 11 is 0. The maximum absolute atomic E-state index is 13.5. The number of para-hydroxylation sites is 1. The quantitative estimate of drug-likeness (QED) is 0.422. The van der Waals surface area contributed by atoms with Crippen LogP contribution in [0.4, 0.5) is 4.79 Å². The van der Waals surface area contributed by atoms with Gasteiger partial charge in [-0.25, -0.2) is 4.79 Å². The summed E-state index contributed by atoms with van der Waals surface area (Å²) < 4.78 is 17.5. The Bertz CT molecular complexity index is 1400. The third-order valence-corrected chi connectivity index (χ3v) is 8.08. The topological polar surface area (TPSA) is 72.1 Å². The number of furan rings is 1. The first-order valence-electron chi connectivity index (χ1n) is 12.5. The van der Waals surface area contributed by atoms with Crippen molar-refractivity contribution in [2.45, 2.75) is 36.4 Å². The molecule has 2 unspecified atom stereocenters. The Kier molecular flexibility index (Phi) is 4.94. The summed E-state index contributed by atoms with van der Waals surface area (Å²) in [5.74, 6) is 0.0106. The number of fused-ring (bicyclic) bond motifs is 6. The number of morpholine rings is 1. The second-order valence-corrected chi connectivity index (χ2v) is 10.1. The van der Waals surface area contributed by atoms with Crippen LogP contribution in [0.15, 0.2) is 83.5 Å². The Balaban J connectivity index is 1.12. The van der Waals surface area contributed by atoms with Gasteiger partial charge in [0.25, 0.3) is 0 Å². The van der Waals surface area contributed by atoms with E-state index in [1.165, 1.54) is 22.3 Å². The van der Waals surface area contributed by atoms with E-state index in [-0.39, 0.29) is 30.7 Å². The third kappa shape index (κ3) is 3.29. The van der Waals surface area contributed by atoms with Gasteiger partial charge in [0, 0.05) is 29.7 Å². The number of benzene rings is 3. The summed E-state index contributed by atoms with van der Waals surface area (Å²) in [6.45, 7) is 1.03. The van der Waals surface area contributed by atoms with Crippen molar-refractivity contribution < 1.29 is 23.8 Å². The number of piperidine rings is 1. The minimum Gasteiger partial charge on any atom is -0.464 e. The molecule has 1 amide bonds. The SMILES string of the molecule is O=C(OCC1c2ccccc2-c2ccccc21)N1C2COCC1CC(O)(c1coc3ccccc13)C2. The number of ether oxygens (including phenoxy) is 2. The van der Waals surface area contributed by atoms with Gasteiger partial charge in [-0.05, 0) is 28.3 Å². The Hall–Kier alpha value is -3.61. The van der Waals surface area contributed by atoms with Gasteiger partial charge in [-0.1, -0.05) is 66.7 Å². The number of carbonyl (C=O) groups excluding carboxylic acids is 1. The standard InChI is InChI=1S/C30H27NO5/c32-29(36-17-26-23-9-3-1-7-21(23)22-8-2-4-10-24(22)26)31-19-13-30(33,14-20(31)16-34-15-19)27-18-35-28-12-6-5-11-25(27)28/h1-12,18-20,26,33H,13-17H2. The van der Waals surface area contributed by atoms with Gasteiger partial charge >= 0.3 is 6.09 Å². The zero-order chi connectivity index (χ0) is 24.3. The van der Waals surface area contributed by atoms with Crippen molar-refractivity contribution >= 4 is 17.1 Å². The van der Waals surface area contributed by atoms with Gasteiger partial charge in [-0.15, -0.1) is 0 Å². The molecule has 3 aliphatic rings. The van der Waals surface area contributed by atoms with Crippen molar-refractivity contribution in [2.75, 3.05) is 19.8 Å². The number of hydrogen-bond donors (Lipinski definition) is 1.